The van der Waals surface area contributed by atoms with Gasteiger partial charge in [-0.3, -0.25) is 9.88 Å². The first-order valence-electron chi connectivity index (χ1n) is 11.8. The Morgan fingerprint density at radius 2 is 1.76 bits per heavy atom. The summed E-state index contributed by atoms with van der Waals surface area (Å²) in [6.07, 6.45) is 5.03. The highest BCUT2D eigenvalue weighted by Crippen LogP contribution is 2.41. The van der Waals surface area contributed by atoms with Crippen LogP contribution in [0.2, 0.25) is 0 Å². The van der Waals surface area contributed by atoms with E-state index in [1.54, 1.807) is 0 Å². The van der Waals surface area contributed by atoms with Gasteiger partial charge >= 0.3 is 0 Å². The zero-order valence-electron chi connectivity index (χ0n) is 19.7. The number of aromatic nitrogens is 1. The second kappa shape index (κ2) is 10.3. The second-order valence-corrected chi connectivity index (χ2v) is 9.73. The van der Waals surface area contributed by atoms with Gasteiger partial charge in [-0.25, -0.2) is 0 Å². The van der Waals surface area contributed by atoms with Crippen LogP contribution in [0, 0.1) is 16.7 Å². The molecule has 0 amide bonds. The van der Waals surface area contributed by atoms with Crippen LogP contribution in [0.25, 0.3) is 0 Å². The predicted octanol–water partition coefficient (Wildman–Crippen LogP) is 5.73. The first-order valence-corrected chi connectivity index (χ1v) is 11.8. The predicted molar refractivity (Wildman–Crippen MR) is 131 cm³/mol. The van der Waals surface area contributed by atoms with Gasteiger partial charge in [-0.1, -0.05) is 48.5 Å². The lowest BCUT2D eigenvalue weighted by Gasteiger charge is -2.37. The third-order valence-corrected chi connectivity index (χ3v) is 7.07. The van der Waals surface area contributed by atoms with Gasteiger partial charge in [0.2, 0.25) is 0 Å². The average Bonchev–Trinajstić information content (AvgIpc) is 3.30. The molecule has 0 aliphatic carbocycles. The average molecular weight is 440 g/mol. The van der Waals surface area contributed by atoms with Crippen molar-refractivity contribution in [2.75, 3.05) is 19.7 Å². The Bertz CT molecular complexity index is 1060. The molecule has 3 aromatic rings. The number of hydrogen-bond acceptors (Lipinski definition) is 4. The number of rotatable bonds is 9. The largest absolute Gasteiger partial charge is 0.376 e. The van der Waals surface area contributed by atoms with E-state index in [4.69, 9.17) is 10.00 Å². The molecule has 0 saturated carbocycles. The molecule has 4 heteroatoms. The number of nitrogens with zero attached hydrogens (tertiary/aromatic N) is 3. The van der Waals surface area contributed by atoms with Crippen molar-refractivity contribution in [1.29, 1.82) is 5.26 Å². The summed E-state index contributed by atoms with van der Waals surface area (Å²) in [5.41, 5.74) is 4.27. The van der Waals surface area contributed by atoms with Crippen LogP contribution in [0.4, 0.5) is 0 Å². The zero-order chi connectivity index (χ0) is 23.2. The van der Waals surface area contributed by atoms with E-state index >= 15 is 0 Å². The molecule has 1 aliphatic heterocycles. The van der Waals surface area contributed by atoms with Crippen LogP contribution in [0.3, 0.4) is 0 Å². The van der Waals surface area contributed by atoms with Crippen molar-refractivity contribution in [3.05, 3.63) is 101 Å². The Balaban J connectivity index is 1.47. The molecule has 2 heterocycles. The highest BCUT2D eigenvalue weighted by atomic mass is 16.5. The molecular weight excluding hydrogens is 406 g/mol. The monoisotopic (exact) mass is 439 g/mol. The van der Waals surface area contributed by atoms with Crippen molar-refractivity contribution in [1.82, 2.24) is 9.88 Å². The van der Waals surface area contributed by atoms with Crippen LogP contribution in [-0.2, 0) is 23.3 Å². The van der Waals surface area contributed by atoms with Gasteiger partial charge in [-0.05, 0) is 75.0 Å². The van der Waals surface area contributed by atoms with Crippen molar-refractivity contribution in [3.8, 4) is 6.07 Å². The van der Waals surface area contributed by atoms with Gasteiger partial charge in [0.25, 0.3) is 0 Å². The molecule has 1 fully saturated rings. The molecule has 0 bridgehead atoms. The molecule has 170 valence electrons. The van der Waals surface area contributed by atoms with E-state index < -0.39 is 0 Å². The SMILES string of the molecule is CC(C)(c1ccccn1)N1CC[C@@](CCc2ccc(C#N)cc2)(COCc2ccccc2)C1. The van der Waals surface area contributed by atoms with Crippen molar-refractivity contribution in [3.63, 3.8) is 0 Å². The Labute approximate surface area is 197 Å². The van der Waals surface area contributed by atoms with Crippen molar-refractivity contribution in [2.45, 2.75) is 45.3 Å². The molecule has 0 N–H and O–H groups in total. The van der Waals surface area contributed by atoms with E-state index in [1.165, 1.54) is 11.1 Å². The van der Waals surface area contributed by atoms with Gasteiger partial charge in [-0.2, -0.15) is 5.26 Å². The molecule has 1 atom stereocenters. The number of benzene rings is 2. The van der Waals surface area contributed by atoms with Gasteiger partial charge < -0.3 is 4.74 Å². The number of nitriles is 1. The fourth-order valence-corrected chi connectivity index (χ4v) is 4.81. The molecular formula is C29H33N3O. The highest BCUT2D eigenvalue weighted by Gasteiger charge is 2.44. The first kappa shape index (κ1) is 23.2. The van der Waals surface area contributed by atoms with Gasteiger partial charge in [-0.15, -0.1) is 0 Å². The van der Waals surface area contributed by atoms with E-state index in [0.717, 1.165) is 44.7 Å². The van der Waals surface area contributed by atoms with E-state index in [-0.39, 0.29) is 11.0 Å². The minimum Gasteiger partial charge on any atom is -0.376 e. The number of hydrogen-bond donors (Lipinski definition) is 0. The van der Waals surface area contributed by atoms with Gasteiger partial charge in [0.1, 0.15) is 0 Å². The normalized spacial score (nSPS) is 18.8. The Kier molecular flexibility index (Phi) is 7.23. The first-order chi connectivity index (χ1) is 16.0. The van der Waals surface area contributed by atoms with Crippen molar-refractivity contribution in [2.24, 2.45) is 5.41 Å². The maximum atomic E-state index is 9.09. The van der Waals surface area contributed by atoms with Gasteiger partial charge in [0.15, 0.2) is 0 Å². The molecule has 0 spiro atoms. The Morgan fingerprint density at radius 1 is 1.00 bits per heavy atom. The summed E-state index contributed by atoms with van der Waals surface area (Å²) in [4.78, 5) is 7.22. The maximum absolute atomic E-state index is 9.09. The molecule has 33 heavy (non-hydrogen) atoms. The molecule has 1 saturated heterocycles. The summed E-state index contributed by atoms with van der Waals surface area (Å²) in [5.74, 6) is 0. The van der Waals surface area contributed by atoms with E-state index in [0.29, 0.717) is 12.2 Å². The lowest BCUT2D eigenvalue weighted by atomic mass is 9.81. The number of likely N-dealkylation sites (tertiary alicyclic amines) is 1. The number of ether oxygens (including phenoxy) is 1. The van der Waals surface area contributed by atoms with E-state index in [9.17, 15) is 0 Å². The van der Waals surface area contributed by atoms with Gasteiger partial charge in [0.05, 0.1) is 36.1 Å². The fraction of sp³-hybridized carbons (Fsp3) is 0.379. The van der Waals surface area contributed by atoms with Crippen LogP contribution < -0.4 is 0 Å². The molecule has 1 aliphatic rings. The third-order valence-electron chi connectivity index (χ3n) is 7.07. The van der Waals surface area contributed by atoms with E-state index in [1.807, 2.05) is 30.5 Å². The highest BCUT2D eigenvalue weighted by molar-refractivity contribution is 5.31. The number of pyridine rings is 1. The second-order valence-electron chi connectivity index (χ2n) is 9.73. The summed E-state index contributed by atoms with van der Waals surface area (Å²) < 4.78 is 6.31. The molecule has 4 rings (SSSR count). The summed E-state index contributed by atoms with van der Waals surface area (Å²) >= 11 is 0. The Hall–Kier alpha value is -3.00. The molecule has 4 nitrogen and oxygen atoms in total. The molecule has 2 aromatic carbocycles. The summed E-state index contributed by atoms with van der Waals surface area (Å²) in [6, 6.07) is 26.8. The molecule has 0 unspecified atom stereocenters. The van der Waals surface area contributed by atoms with Crippen LogP contribution in [0.1, 0.15) is 49.1 Å². The smallest absolute Gasteiger partial charge is 0.0991 e. The standard InChI is InChI=1S/C29H33N3O/c1-28(2,27-10-6-7-18-31-27)32-19-17-29(22-32,23-33-21-26-8-4-3-5-9-26)16-15-24-11-13-25(20-30)14-12-24/h3-14,18H,15-17,19,21-23H2,1-2H3/t29-/m1/s1. The van der Waals surface area contributed by atoms with E-state index in [2.05, 4.69) is 78.3 Å². The van der Waals surface area contributed by atoms with Crippen LogP contribution in [-0.4, -0.2) is 29.6 Å². The van der Waals surface area contributed by atoms with Crippen LogP contribution in [0.5, 0.6) is 0 Å². The number of aryl methyl sites for hydroxylation is 1. The molecule has 0 radical (unpaired) electrons. The summed E-state index contributed by atoms with van der Waals surface area (Å²) in [6.45, 7) is 7.96. The topological polar surface area (TPSA) is 49.2 Å². The summed E-state index contributed by atoms with van der Waals surface area (Å²) in [7, 11) is 0. The minimum atomic E-state index is -0.128. The lowest BCUT2D eigenvalue weighted by molar-refractivity contribution is 0.0236. The minimum absolute atomic E-state index is 0.0920. The van der Waals surface area contributed by atoms with Crippen LogP contribution >= 0.6 is 0 Å². The maximum Gasteiger partial charge on any atom is 0.0991 e. The third kappa shape index (κ3) is 5.68. The Morgan fingerprint density at radius 3 is 2.45 bits per heavy atom. The van der Waals surface area contributed by atoms with Crippen LogP contribution in [0.15, 0.2) is 79.0 Å². The van der Waals surface area contributed by atoms with Crippen molar-refractivity contribution < 1.29 is 4.74 Å². The quantitative estimate of drug-likeness (QED) is 0.427. The zero-order valence-corrected chi connectivity index (χ0v) is 19.7. The fourth-order valence-electron chi connectivity index (χ4n) is 4.81. The lowest BCUT2D eigenvalue weighted by Crippen LogP contribution is -2.43. The summed E-state index contributed by atoms with van der Waals surface area (Å²) in [5, 5.41) is 9.09. The van der Waals surface area contributed by atoms with Gasteiger partial charge in [0, 0.05) is 18.2 Å². The van der Waals surface area contributed by atoms with Crippen molar-refractivity contribution >= 4 is 0 Å². The molecule has 1 aromatic heterocycles.